The summed E-state index contributed by atoms with van der Waals surface area (Å²) in [4.78, 5) is 11.4. The molecular weight excluding hydrogens is 200 g/mol. The van der Waals surface area contributed by atoms with Gasteiger partial charge in [0, 0.05) is 0 Å². The third-order valence-electron chi connectivity index (χ3n) is 1.98. The lowest BCUT2D eigenvalue weighted by Crippen LogP contribution is -2.25. The van der Waals surface area contributed by atoms with Gasteiger partial charge in [0.15, 0.2) is 0 Å². The molecule has 0 radical (unpaired) electrons. The average Bonchev–Trinajstić information content (AvgIpc) is 2.29. The van der Waals surface area contributed by atoms with Crippen LogP contribution in [0.1, 0.15) is 34.1 Å². The van der Waals surface area contributed by atoms with E-state index >= 15 is 0 Å². The van der Waals surface area contributed by atoms with Gasteiger partial charge in [-0.25, -0.2) is 0 Å². The van der Waals surface area contributed by atoms with Crippen molar-refractivity contribution in [1.82, 2.24) is 0 Å². The van der Waals surface area contributed by atoms with Crippen LogP contribution in [0, 0.1) is 5.41 Å². The van der Waals surface area contributed by atoms with E-state index in [1.54, 1.807) is 12.2 Å². The molecule has 0 unspecified atom stereocenters. The van der Waals surface area contributed by atoms with Crippen LogP contribution in [0.15, 0.2) is 37.0 Å². The molecule has 0 N–H and O–H groups in total. The van der Waals surface area contributed by atoms with Gasteiger partial charge in [-0.3, -0.25) is 4.79 Å². The number of carbonyl (C=O) groups excluding carboxylic acids is 1. The Kier molecular flexibility index (Phi) is 9.57. The smallest absolute Gasteiger partial charge is 0.311 e. The van der Waals surface area contributed by atoms with Gasteiger partial charge in [0.2, 0.25) is 0 Å². The summed E-state index contributed by atoms with van der Waals surface area (Å²) in [5.74, 6) is -0.214. The molecule has 0 aromatic rings. The summed E-state index contributed by atoms with van der Waals surface area (Å²) in [7, 11) is 1.40. The van der Waals surface area contributed by atoms with Crippen molar-refractivity contribution in [3.8, 4) is 0 Å². The maximum atomic E-state index is 11.4. The highest BCUT2D eigenvalue weighted by atomic mass is 16.5. The lowest BCUT2D eigenvalue weighted by Gasteiger charge is -2.21. The monoisotopic (exact) mass is 224 g/mol. The van der Waals surface area contributed by atoms with Crippen molar-refractivity contribution < 1.29 is 9.53 Å². The molecule has 0 aliphatic carbocycles. The number of rotatable bonds is 5. The van der Waals surface area contributed by atoms with Gasteiger partial charge in [0.05, 0.1) is 12.5 Å². The number of hydrogen-bond donors (Lipinski definition) is 0. The molecule has 2 nitrogen and oxygen atoms in total. The number of methoxy groups -OCH3 is 1. The van der Waals surface area contributed by atoms with Crippen LogP contribution in [0.4, 0.5) is 0 Å². The number of allylic oxidation sites excluding steroid dienone is 4. The summed E-state index contributed by atoms with van der Waals surface area (Å²) in [6, 6.07) is 0. The van der Waals surface area contributed by atoms with E-state index in [0.717, 1.165) is 5.57 Å². The molecule has 92 valence electrons. The number of esters is 1. The first-order chi connectivity index (χ1) is 7.47. The lowest BCUT2D eigenvalue weighted by atomic mass is 9.85. The average molecular weight is 224 g/mol. The van der Waals surface area contributed by atoms with Crippen LogP contribution in [-0.2, 0) is 9.53 Å². The Morgan fingerprint density at radius 2 is 1.81 bits per heavy atom. The van der Waals surface area contributed by atoms with Crippen molar-refractivity contribution in [2.75, 3.05) is 7.11 Å². The molecule has 0 aromatic heterocycles. The molecule has 16 heavy (non-hydrogen) atoms. The second-order valence-electron chi connectivity index (χ2n) is 3.73. The summed E-state index contributed by atoms with van der Waals surface area (Å²) < 4.78 is 4.71. The third-order valence-corrected chi connectivity index (χ3v) is 1.98. The second-order valence-corrected chi connectivity index (χ2v) is 3.73. The third kappa shape index (κ3) is 6.23. The van der Waals surface area contributed by atoms with Crippen LogP contribution in [0.3, 0.4) is 0 Å². The summed E-state index contributed by atoms with van der Waals surface area (Å²) in [5.41, 5.74) is 0.466. The van der Waals surface area contributed by atoms with E-state index in [9.17, 15) is 4.79 Å². The first-order valence-electron chi connectivity index (χ1n) is 5.50. The molecule has 0 heterocycles. The van der Waals surface area contributed by atoms with Crippen molar-refractivity contribution in [2.24, 2.45) is 5.41 Å². The Labute approximate surface area is 99.7 Å². The van der Waals surface area contributed by atoms with E-state index in [1.165, 1.54) is 7.11 Å². The summed E-state index contributed by atoms with van der Waals surface area (Å²) >= 11 is 0. The summed E-state index contributed by atoms with van der Waals surface area (Å²) in [6.07, 6.45) is 5.86. The molecular formula is C14H24O2. The molecule has 0 spiro atoms. The standard InChI is InChI=1S/C12H18O2.C2H6/c1-6-8-10(7-2)9-12(3,4)11(13)14-5;1-2/h6-8H,1-2,9H2,3-5H3;1-2H3/b10-8+;. The zero-order valence-electron chi connectivity index (χ0n) is 11.2. The Morgan fingerprint density at radius 1 is 1.31 bits per heavy atom. The largest absolute Gasteiger partial charge is 0.469 e. The minimum Gasteiger partial charge on any atom is -0.469 e. The molecule has 0 aliphatic rings. The topological polar surface area (TPSA) is 26.3 Å². The van der Waals surface area contributed by atoms with Crippen LogP contribution in [0.2, 0.25) is 0 Å². The molecule has 0 atom stereocenters. The second kappa shape index (κ2) is 8.96. The van der Waals surface area contributed by atoms with Crippen LogP contribution in [0.5, 0.6) is 0 Å². The predicted molar refractivity (Wildman–Crippen MR) is 70.2 cm³/mol. The van der Waals surface area contributed by atoms with Crippen LogP contribution in [-0.4, -0.2) is 13.1 Å². The fraction of sp³-hybridized carbons (Fsp3) is 0.500. The van der Waals surface area contributed by atoms with Crippen molar-refractivity contribution in [1.29, 1.82) is 0 Å². The number of carbonyl (C=O) groups is 1. The summed E-state index contributed by atoms with van der Waals surface area (Å²) in [5, 5.41) is 0. The number of ether oxygens (including phenoxy) is 1. The van der Waals surface area contributed by atoms with Gasteiger partial charge >= 0.3 is 5.97 Å². The zero-order valence-corrected chi connectivity index (χ0v) is 11.2. The maximum absolute atomic E-state index is 11.4. The van der Waals surface area contributed by atoms with Gasteiger partial charge in [0.25, 0.3) is 0 Å². The van der Waals surface area contributed by atoms with Crippen molar-refractivity contribution in [2.45, 2.75) is 34.1 Å². The van der Waals surface area contributed by atoms with E-state index in [2.05, 4.69) is 13.2 Å². The first-order valence-corrected chi connectivity index (χ1v) is 5.50. The number of hydrogen-bond acceptors (Lipinski definition) is 2. The molecule has 0 saturated carbocycles. The molecule has 0 fully saturated rings. The molecule has 0 bridgehead atoms. The van der Waals surface area contributed by atoms with Gasteiger partial charge < -0.3 is 4.74 Å². The van der Waals surface area contributed by atoms with E-state index in [4.69, 9.17) is 4.74 Å². The van der Waals surface area contributed by atoms with E-state index in [1.807, 2.05) is 33.8 Å². The fourth-order valence-electron chi connectivity index (χ4n) is 1.21. The van der Waals surface area contributed by atoms with Gasteiger partial charge in [0.1, 0.15) is 0 Å². The Balaban J connectivity index is 0. The van der Waals surface area contributed by atoms with Gasteiger partial charge in [-0.1, -0.05) is 45.2 Å². The van der Waals surface area contributed by atoms with E-state index in [0.29, 0.717) is 6.42 Å². The van der Waals surface area contributed by atoms with Gasteiger partial charge in [-0.2, -0.15) is 0 Å². The highest BCUT2D eigenvalue weighted by Gasteiger charge is 2.28. The highest BCUT2D eigenvalue weighted by Crippen LogP contribution is 2.27. The minimum absolute atomic E-state index is 0.214. The van der Waals surface area contributed by atoms with Crippen molar-refractivity contribution in [3.63, 3.8) is 0 Å². The van der Waals surface area contributed by atoms with E-state index in [-0.39, 0.29) is 5.97 Å². The fourth-order valence-corrected chi connectivity index (χ4v) is 1.21. The molecule has 0 saturated heterocycles. The van der Waals surface area contributed by atoms with E-state index < -0.39 is 5.41 Å². The highest BCUT2D eigenvalue weighted by molar-refractivity contribution is 5.76. The van der Waals surface area contributed by atoms with Gasteiger partial charge in [-0.15, -0.1) is 0 Å². The molecule has 2 heteroatoms. The Hall–Kier alpha value is -1.31. The van der Waals surface area contributed by atoms with Gasteiger partial charge in [-0.05, 0) is 25.8 Å². The zero-order chi connectivity index (χ0) is 13.2. The van der Waals surface area contributed by atoms with Crippen LogP contribution in [0.25, 0.3) is 0 Å². The van der Waals surface area contributed by atoms with Crippen LogP contribution >= 0.6 is 0 Å². The molecule has 0 amide bonds. The SMILES string of the molecule is C=C/C=C(\C=C)CC(C)(C)C(=O)OC.CC. The predicted octanol–water partition coefficient (Wildman–Crippen LogP) is 3.90. The van der Waals surface area contributed by atoms with Crippen molar-refractivity contribution in [3.05, 3.63) is 37.0 Å². The minimum atomic E-state index is -0.516. The Morgan fingerprint density at radius 3 is 2.12 bits per heavy atom. The first kappa shape index (κ1) is 17.1. The maximum Gasteiger partial charge on any atom is 0.311 e. The summed E-state index contributed by atoms with van der Waals surface area (Å²) in [6.45, 7) is 15.0. The molecule has 0 rings (SSSR count). The normalized spacial score (nSPS) is 10.9. The Bertz CT molecular complexity index is 260. The van der Waals surface area contributed by atoms with Crippen LogP contribution < -0.4 is 0 Å². The molecule has 0 aliphatic heterocycles. The lowest BCUT2D eigenvalue weighted by molar-refractivity contribution is -0.150. The van der Waals surface area contributed by atoms with Crippen molar-refractivity contribution >= 4 is 5.97 Å². The quantitative estimate of drug-likeness (QED) is 0.523. The molecule has 0 aromatic carbocycles.